The minimum absolute atomic E-state index is 0.0557. The van der Waals surface area contributed by atoms with Crippen molar-refractivity contribution in [1.82, 2.24) is 24.5 Å². The van der Waals surface area contributed by atoms with E-state index in [1.807, 2.05) is 12.1 Å². The van der Waals surface area contributed by atoms with Crippen molar-refractivity contribution in [2.24, 2.45) is 5.73 Å². The summed E-state index contributed by atoms with van der Waals surface area (Å²) in [6.45, 7) is 0.353. The van der Waals surface area contributed by atoms with Gasteiger partial charge >= 0.3 is 6.18 Å². The number of primary amides is 1. The number of halogens is 3. The lowest BCUT2D eigenvalue weighted by atomic mass is 10.0. The number of alkyl halides is 3. The highest BCUT2D eigenvalue weighted by atomic mass is 19.4. The predicted molar refractivity (Wildman–Crippen MR) is 211 cm³/mol. The third-order valence-corrected chi connectivity index (χ3v) is 9.72. The van der Waals surface area contributed by atoms with Gasteiger partial charge in [0.05, 0.1) is 66.1 Å². The van der Waals surface area contributed by atoms with E-state index in [1.165, 1.54) is 61.4 Å². The molecule has 8 aromatic rings. The molecule has 17 heteroatoms. The summed E-state index contributed by atoms with van der Waals surface area (Å²) in [4.78, 5) is 60.2. The molecule has 3 heterocycles. The molecular formula is C42H32F3N7O7. The molecule has 0 spiro atoms. The molecule has 0 atom stereocenters. The second-order valence-corrected chi connectivity index (χ2v) is 13.4. The number of benzene rings is 5. The molecule has 2 amide bonds. The molecular weight excluding hydrogens is 771 g/mol. The summed E-state index contributed by atoms with van der Waals surface area (Å²) in [5.74, 6) is -3.53. The van der Waals surface area contributed by atoms with Gasteiger partial charge in [-0.2, -0.15) is 13.2 Å². The maximum atomic E-state index is 14.8. The van der Waals surface area contributed by atoms with Crippen molar-refractivity contribution < 1.29 is 36.7 Å². The van der Waals surface area contributed by atoms with Gasteiger partial charge < -0.3 is 19.6 Å². The number of ether oxygens (including phenoxy) is 2. The van der Waals surface area contributed by atoms with Gasteiger partial charge in [-0.05, 0) is 77.9 Å². The summed E-state index contributed by atoms with van der Waals surface area (Å²) in [6, 6.07) is 28.7. The number of rotatable bonds is 11. The normalized spacial score (nSPS) is 11.6. The molecule has 0 saturated heterocycles. The smallest absolute Gasteiger partial charge is 0.452 e. The Bertz CT molecular complexity index is 3000. The number of aromatic amines is 2. The van der Waals surface area contributed by atoms with Crippen LogP contribution < -0.4 is 31.2 Å². The van der Waals surface area contributed by atoms with Gasteiger partial charge in [0.15, 0.2) is 5.69 Å². The monoisotopic (exact) mass is 803 g/mol. The van der Waals surface area contributed by atoms with Crippen molar-refractivity contribution in [3.63, 3.8) is 0 Å². The first kappa shape index (κ1) is 38.1. The van der Waals surface area contributed by atoms with Crippen LogP contribution in [0.5, 0.6) is 11.5 Å². The van der Waals surface area contributed by atoms with Crippen LogP contribution in [0.3, 0.4) is 0 Å². The summed E-state index contributed by atoms with van der Waals surface area (Å²) in [6.07, 6.45) is -5.21. The number of nitrogens with one attached hydrogen (secondary N) is 2. The highest BCUT2D eigenvalue weighted by molar-refractivity contribution is 6.18. The van der Waals surface area contributed by atoms with Crippen LogP contribution in [0.4, 0.5) is 24.5 Å². The summed E-state index contributed by atoms with van der Waals surface area (Å²) in [5.41, 5.74) is 4.80. The van der Waals surface area contributed by atoms with Gasteiger partial charge in [0.1, 0.15) is 11.5 Å². The van der Waals surface area contributed by atoms with Gasteiger partial charge in [0.25, 0.3) is 22.9 Å². The Morgan fingerprint density at radius 2 is 1.36 bits per heavy atom. The van der Waals surface area contributed by atoms with Crippen molar-refractivity contribution >= 4 is 45.0 Å². The van der Waals surface area contributed by atoms with E-state index < -0.39 is 52.0 Å². The largest absolute Gasteiger partial charge is 0.497 e. The van der Waals surface area contributed by atoms with Gasteiger partial charge in [-0.15, -0.1) is 0 Å². The number of aromatic nitrogens is 5. The molecule has 0 saturated carbocycles. The van der Waals surface area contributed by atoms with Crippen LogP contribution in [-0.2, 0) is 19.3 Å². The van der Waals surface area contributed by atoms with Crippen molar-refractivity contribution in [3.05, 3.63) is 158 Å². The molecule has 0 fully saturated rings. The Morgan fingerprint density at radius 3 is 1.93 bits per heavy atom. The molecule has 0 aliphatic carbocycles. The first-order valence-corrected chi connectivity index (χ1v) is 17.9. The zero-order valence-electron chi connectivity index (χ0n) is 31.2. The summed E-state index contributed by atoms with van der Waals surface area (Å²) >= 11 is 0. The predicted octanol–water partition coefficient (Wildman–Crippen LogP) is 6.84. The van der Waals surface area contributed by atoms with E-state index in [1.54, 1.807) is 59.3 Å². The number of fused-ring (bicyclic) bond motifs is 2. The van der Waals surface area contributed by atoms with Gasteiger partial charge in [0.2, 0.25) is 11.7 Å². The molecule has 0 radical (unpaired) electrons. The first-order valence-electron chi connectivity index (χ1n) is 17.9. The standard InChI is InChI=1S/C42H32F3N7O7/c1-57-27-13-8-23(9-14-27)21-50-30-17-12-26(20-29(30)38(54)48-50)52(41(56)35-36(42(43,44)45)59-40(47-35)25-6-4-3-5-7-25)32-19-18-31-34(33(32)37(46)53)39(55)49-51(31)22-24-10-15-28(58-2)16-11-24/h3-20H,21-22H2,1-2H3,(H2,46,53)(H,48,54)(H,49,55). The van der Waals surface area contributed by atoms with E-state index in [2.05, 4.69) is 15.2 Å². The molecule has 59 heavy (non-hydrogen) atoms. The molecule has 8 rings (SSSR count). The molecule has 4 N–H and O–H groups in total. The lowest BCUT2D eigenvalue weighted by molar-refractivity contribution is -0.153. The highest BCUT2D eigenvalue weighted by Crippen LogP contribution is 2.40. The van der Waals surface area contributed by atoms with Crippen LogP contribution >= 0.6 is 0 Å². The van der Waals surface area contributed by atoms with Gasteiger partial charge in [0, 0.05) is 5.56 Å². The highest BCUT2D eigenvalue weighted by Gasteiger charge is 2.44. The lowest BCUT2D eigenvalue weighted by Crippen LogP contribution is -2.31. The van der Waals surface area contributed by atoms with Gasteiger partial charge in [-0.3, -0.25) is 43.6 Å². The summed E-state index contributed by atoms with van der Waals surface area (Å²) in [5, 5.41) is 5.27. The number of anilines is 2. The third-order valence-electron chi connectivity index (χ3n) is 9.72. The molecule has 0 bridgehead atoms. The van der Waals surface area contributed by atoms with Crippen molar-refractivity contribution in [3.8, 4) is 23.0 Å². The number of H-pyrrole nitrogens is 2. The minimum atomic E-state index is -5.21. The molecule has 0 unspecified atom stereocenters. The molecule has 3 aromatic heterocycles. The SMILES string of the molecule is COc1ccc(Cn2[nH]c(=O)c3cc(N(C(=O)c4nc(-c5ccccc5)oc4C(F)(F)F)c4ccc5c(c4C(N)=O)c(=O)[nH]n5Cc4ccc(OC)cc4)ccc32)cc1. The maximum Gasteiger partial charge on any atom is 0.452 e. The Hall–Kier alpha value is -7.82. The molecule has 14 nitrogen and oxygen atoms in total. The minimum Gasteiger partial charge on any atom is -0.497 e. The number of oxazole rings is 1. The Morgan fingerprint density at radius 1 is 0.780 bits per heavy atom. The molecule has 0 aliphatic rings. The average Bonchev–Trinajstić information content (AvgIpc) is 3.92. The second kappa shape index (κ2) is 14.9. The number of methoxy groups -OCH3 is 2. The number of carbonyl (C=O) groups excluding carboxylic acids is 2. The van der Waals surface area contributed by atoms with Gasteiger partial charge in [-0.25, -0.2) is 4.98 Å². The van der Waals surface area contributed by atoms with Crippen LogP contribution in [0.1, 0.15) is 37.7 Å². The zero-order chi connectivity index (χ0) is 41.6. The number of nitrogens with zero attached hydrogens (tertiary/aromatic N) is 4. The van der Waals surface area contributed by atoms with Crippen LogP contribution in [0.25, 0.3) is 33.3 Å². The number of amides is 2. The van der Waals surface area contributed by atoms with Crippen molar-refractivity contribution in [1.29, 1.82) is 0 Å². The molecule has 0 aliphatic heterocycles. The van der Waals surface area contributed by atoms with E-state index in [4.69, 9.17) is 19.6 Å². The topological polar surface area (TPSA) is 183 Å². The quantitative estimate of drug-likeness (QED) is 0.127. The fourth-order valence-electron chi connectivity index (χ4n) is 6.94. The third kappa shape index (κ3) is 7.09. The average molecular weight is 804 g/mol. The van der Waals surface area contributed by atoms with E-state index in [0.29, 0.717) is 17.0 Å². The van der Waals surface area contributed by atoms with Crippen LogP contribution in [0.15, 0.2) is 123 Å². The van der Waals surface area contributed by atoms with Crippen LogP contribution in [0, 0.1) is 0 Å². The fraction of sp³-hybridized carbons (Fsp3) is 0.119. The van der Waals surface area contributed by atoms with Gasteiger partial charge in [-0.1, -0.05) is 42.5 Å². The second-order valence-electron chi connectivity index (χ2n) is 13.4. The Kier molecular flexibility index (Phi) is 9.63. The van der Waals surface area contributed by atoms with E-state index in [0.717, 1.165) is 16.0 Å². The Labute approximate surface area is 330 Å². The van der Waals surface area contributed by atoms with Crippen molar-refractivity contribution in [2.75, 3.05) is 19.1 Å². The van der Waals surface area contributed by atoms with Crippen LogP contribution in [0.2, 0.25) is 0 Å². The van der Waals surface area contributed by atoms with E-state index in [-0.39, 0.29) is 46.3 Å². The molecule has 5 aromatic carbocycles. The lowest BCUT2D eigenvalue weighted by Gasteiger charge is -2.25. The number of hydrogen-bond acceptors (Lipinski definition) is 8. The van der Waals surface area contributed by atoms with E-state index >= 15 is 0 Å². The number of carbonyl (C=O) groups is 2. The fourth-order valence-corrected chi connectivity index (χ4v) is 6.94. The number of hydrogen-bond donors (Lipinski definition) is 3. The summed E-state index contributed by atoms with van der Waals surface area (Å²) < 4.78 is 62.8. The van der Waals surface area contributed by atoms with E-state index in [9.17, 15) is 32.3 Å². The first-order chi connectivity index (χ1) is 28.3. The maximum absolute atomic E-state index is 14.8. The van der Waals surface area contributed by atoms with Crippen molar-refractivity contribution in [2.45, 2.75) is 19.3 Å². The summed E-state index contributed by atoms with van der Waals surface area (Å²) in [7, 11) is 3.06. The molecule has 298 valence electrons. The van der Waals surface area contributed by atoms with Crippen LogP contribution in [-0.4, -0.2) is 50.6 Å². The zero-order valence-corrected chi connectivity index (χ0v) is 31.2. The number of nitrogens with two attached hydrogens (primary N) is 1. The Balaban J connectivity index is 1.31.